The zero-order chi connectivity index (χ0) is 26.3. The van der Waals surface area contributed by atoms with Crippen molar-refractivity contribution in [2.24, 2.45) is 7.05 Å². The Labute approximate surface area is 216 Å². The van der Waals surface area contributed by atoms with E-state index in [2.05, 4.69) is 33.2 Å². The lowest BCUT2D eigenvalue weighted by Gasteiger charge is -2.16. The molecule has 186 valence electrons. The third-order valence-electron chi connectivity index (χ3n) is 6.49. The van der Waals surface area contributed by atoms with Gasteiger partial charge in [0.1, 0.15) is 5.69 Å². The zero-order valence-electron chi connectivity index (χ0n) is 21.1. The molecule has 0 fully saturated rings. The van der Waals surface area contributed by atoms with E-state index >= 15 is 0 Å². The van der Waals surface area contributed by atoms with Crippen LogP contribution >= 0.6 is 0 Å². The number of hydrogen-bond acceptors (Lipinski definition) is 6. The van der Waals surface area contributed by atoms with Gasteiger partial charge in [-0.15, -0.1) is 4.98 Å². The van der Waals surface area contributed by atoms with Gasteiger partial charge < -0.3 is 10.2 Å². The molecular formula is C28H26N6O2S. The highest BCUT2D eigenvalue weighted by atomic mass is 32.2. The van der Waals surface area contributed by atoms with Gasteiger partial charge in [0, 0.05) is 42.2 Å². The Hall–Kier alpha value is -4.29. The Morgan fingerprint density at radius 2 is 1.89 bits per heavy atom. The van der Waals surface area contributed by atoms with Gasteiger partial charge in [0.25, 0.3) is 5.82 Å². The van der Waals surface area contributed by atoms with E-state index in [1.807, 2.05) is 38.2 Å². The molecule has 0 unspecified atom stereocenters. The van der Waals surface area contributed by atoms with E-state index in [4.69, 9.17) is 11.6 Å². The van der Waals surface area contributed by atoms with Crippen LogP contribution in [-0.4, -0.2) is 34.4 Å². The summed E-state index contributed by atoms with van der Waals surface area (Å²) in [5, 5.41) is 7.69. The number of nitrogens with one attached hydrogen (secondary N) is 1. The molecule has 1 aliphatic carbocycles. The summed E-state index contributed by atoms with van der Waals surface area (Å²) in [5.74, 6) is 0.344. The van der Waals surface area contributed by atoms with Crippen LogP contribution in [0.25, 0.3) is 22.0 Å². The molecule has 1 aliphatic rings. The van der Waals surface area contributed by atoms with Gasteiger partial charge in [-0.25, -0.2) is 8.42 Å². The van der Waals surface area contributed by atoms with E-state index in [9.17, 15) is 8.42 Å². The zero-order valence-corrected chi connectivity index (χ0v) is 21.9. The lowest BCUT2D eigenvalue weighted by Crippen LogP contribution is -2.06. The number of pyridine rings is 2. The molecule has 0 bridgehead atoms. The van der Waals surface area contributed by atoms with Crippen LogP contribution in [-0.2, 0) is 29.7 Å². The number of nitrogens with zero attached hydrogens (tertiary/aromatic N) is 5. The molecule has 37 heavy (non-hydrogen) atoms. The number of anilines is 2. The standard InChI is InChI=1S/C28H26N6O2S/c1-17-11-22-25(12-17)31-21(14-20-7-6-8-28(29-3)32-20)15-26(22)33-24-10-9-19(13-27(24)37(5,35)36)23-16-30-34(4)18(23)2/h6-11,13,15-16H,12,14H2,1-2,4-5H3,(H,31,33). The fraction of sp³-hybridized carbons (Fsp3) is 0.214. The Balaban J connectivity index is 1.57. The minimum Gasteiger partial charge on any atom is -0.361 e. The summed E-state index contributed by atoms with van der Waals surface area (Å²) in [7, 11) is -1.68. The predicted molar refractivity (Wildman–Crippen MR) is 145 cm³/mol. The van der Waals surface area contributed by atoms with Crippen molar-refractivity contribution in [1.82, 2.24) is 19.7 Å². The molecular weight excluding hydrogens is 484 g/mol. The lowest BCUT2D eigenvalue weighted by atomic mass is 10.1. The Bertz CT molecular complexity index is 1730. The maximum atomic E-state index is 12.9. The van der Waals surface area contributed by atoms with E-state index in [0.717, 1.165) is 51.6 Å². The van der Waals surface area contributed by atoms with Gasteiger partial charge in [0.2, 0.25) is 0 Å². The van der Waals surface area contributed by atoms with Gasteiger partial charge in [0.15, 0.2) is 9.84 Å². The fourth-order valence-electron chi connectivity index (χ4n) is 4.56. The van der Waals surface area contributed by atoms with Crippen LogP contribution in [0.15, 0.2) is 59.1 Å². The second-order valence-electron chi connectivity index (χ2n) is 9.34. The summed E-state index contributed by atoms with van der Waals surface area (Å²) in [4.78, 5) is 12.9. The molecule has 3 heterocycles. The summed E-state index contributed by atoms with van der Waals surface area (Å²) in [6, 6.07) is 12.7. The molecule has 1 N–H and O–H groups in total. The highest BCUT2D eigenvalue weighted by Gasteiger charge is 2.21. The lowest BCUT2D eigenvalue weighted by molar-refractivity contribution is 0.602. The number of hydrogen-bond donors (Lipinski definition) is 1. The van der Waals surface area contributed by atoms with Crippen LogP contribution < -0.4 is 5.32 Å². The van der Waals surface area contributed by atoms with Crippen LogP contribution in [0.1, 0.15) is 35.3 Å². The molecule has 0 saturated heterocycles. The number of fused-ring (bicyclic) bond motifs is 1. The Kier molecular flexibility index (Phi) is 6.13. The van der Waals surface area contributed by atoms with Crippen molar-refractivity contribution < 1.29 is 8.42 Å². The van der Waals surface area contributed by atoms with Crippen molar-refractivity contribution in [3.8, 4) is 11.1 Å². The van der Waals surface area contributed by atoms with Gasteiger partial charge >= 0.3 is 0 Å². The Morgan fingerprint density at radius 1 is 1.08 bits per heavy atom. The molecule has 1 aromatic carbocycles. The first kappa shape index (κ1) is 24.4. The molecule has 0 atom stereocenters. The summed E-state index contributed by atoms with van der Waals surface area (Å²) in [6.45, 7) is 11.2. The molecule has 0 saturated carbocycles. The van der Waals surface area contributed by atoms with Gasteiger partial charge in [-0.3, -0.25) is 9.67 Å². The third-order valence-corrected chi connectivity index (χ3v) is 7.63. The van der Waals surface area contributed by atoms with E-state index in [0.29, 0.717) is 17.9 Å². The Morgan fingerprint density at radius 3 is 2.59 bits per heavy atom. The second-order valence-corrected chi connectivity index (χ2v) is 11.3. The van der Waals surface area contributed by atoms with E-state index in [1.165, 1.54) is 11.8 Å². The minimum atomic E-state index is -3.54. The maximum Gasteiger partial charge on any atom is 0.269 e. The van der Waals surface area contributed by atoms with Gasteiger partial charge in [-0.1, -0.05) is 30.4 Å². The molecule has 3 aromatic heterocycles. The number of aryl methyl sites for hydroxylation is 1. The number of rotatable bonds is 6. The molecule has 5 rings (SSSR count). The van der Waals surface area contributed by atoms with Crippen LogP contribution in [0.4, 0.5) is 17.2 Å². The number of aromatic nitrogens is 4. The number of benzene rings is 1. The monoisotopic (exact) mass is 510 g/mol. The average Bonchev–Trinajstić information content (AvgIpc) is 3.40. The van der Waals surface area contributed by atoms with Crippen molar-refractivity contribution in [2.75, 3.05) is 11.6 Å². The van der Waals surface area contributed by atoms with Crippen LogP contribution in [0.3, 0.4) is 0 Å². The SMILES string of the molecule is [C-]#[N+]c1cccc(Cc2cc(Nc3ccc(-c4cnn(C)c4C)cc3S(C)(=O)=O)c3c(n2)CC(C)=C3)n1. The molecule has 0 amide bonds. The largest absolute Gasteiger partial charge is 0.361 e. The first-order valence-corrected chi connectivity index (χ1v) is 13.6. The van der Waals surface area contributed by atoms with Crippen molar-refractivity contribution in [2.45, 2.75) is 31.6 Å². The summed E-state index contributed by atoms with van der Waals surface area (Å²) in [5.41, 5.74) is 8.53. The molecule has 0 radical (unpaired) electrons. The smallest absolute Gasteiger partial charge is 0.269 e. The first-order valence-electron chi connectivity index (χ1n) is 11.8. The molecule has 0 spiro atoms. The molecule has 9 heteroatoms. The quantitative estimate of drug-likeness (QED) is 0.348. The summed E-state index contributed by atoms with van der Waals surface area (Å²) in [6.07, 6.45) is 6.24. The molecule has 0 aliphatic heterocycles. The topological polar surface area (TPSA) is 94.1 Å². The van der Waals surface area contributed by atoms with Gasteiger partial charge in [0.05, 0.1) is 34.6 Å². The van der Waals surface area contributed by atoms with Crippen LogP contribution in [0.5, 0.6) is 0 Å². The first-order chi connectivity index (χ1) is 17.6. The van der Waals surface area contributed by atoms with Gasteiger partial charge in [-0.05, 0) is 49.7 Å². The molecule has 4 aromatic rings. The second kappa shape index (κ2) is 9.30. The predicted octanol–water partition coefficient (Wildman–Crippen LogP) is 5.43. The summed E-state index contributed by atoms with van der Waals surface area (Å²) >= 11 is 0. The number of allylic oxidation sites excluding steroid dienone is 1. The van der Waals surface area contributed by atoms with Gasteiger partial charge in [-0.2, -0.15) is 5.10 Å². The third kappa shape index (κ3) is 4.88. The van der Waals surface area contributed by atoms with E-state index < -0.39 is 9.84 Å². The normalized spacial score (nSPS) is 12.7. The highest BCUT2D eigenvalue weighted by molar-refractivity contribution is 7.90. The van der Waals surface area contributed by atoms with E-state index in [-0.39, 0.29) is 4.90 Å². The fourth-order valence-corrected chi connectivity index (χ4v) is 5.42. The van der Waals surface area contributed by atoms with Crippen molar-refractivity contribution >= 4 is 33.1 Å². The van der Waals surface area contributed by atoms with Crippen LogP contribution in [0, 0.1) is 13.5 Å². The maximum absolute atomic E-state index is 12.9. The summed E-state index contributed by atoms with van der Waals surface area (Å²) < 4.78 is 27.5. The minimum absolute atomic E-state index is 0.213. The number of sulfone groups is 1. The van der Waals surface area contributed by atoms with Crippen molar-refractivity contribution in [3.63, 3.8) is 0 Å². The van der Waals surface area contributed by atoms with Crippen molar-refractivity contribution in [3.05, 3.63) is 94.0 Å². The molecule has 8 nitrogen and oxygen atoms in total. The average molecular weight is 511 g/mol. The van der Waals surface area contributed by atoms with Crippen molar-refractivity contribution in [1.29, 1.82) is 0 Å². The van der Waals surface area contributed by atoms with Crippen LogP contribution in [0.2, 0.25) is 0 Å². The highest BCUT2D eigenvalue weighted by Crippen LogP contribution is 2.36. The van der Waals surface area contributed by atoms with E-state index in [1.54, 1.807) is 29.1 Å².